The first-order valence-electron chi connectivity index (χ1n) is 4.95. The van der Waals surface area contributed by atoms with Gasteiger partial charge in [0.2, 0.25) is 0 Å². The number of piperidine rings is 1. The molecular formula is C9H16N2O2. The van der Waals surface area contributed by atoms with Gasteiger partial charge in [0.05, 0.1) is 5.92 Å². The lowest BCUT2D eigenvalue weighted by Crippen LogP contribution is -2.55. The van der Waals surface area contributed by atoms with E-state index in [9.17, 15) is 4.79 Å². The highest BCUT2D eigenvalue weighted by Crippen LogP contribution is 2.22. The van der Waals surface area contributed by atoms with Gasteiger partial charge in [-0.15, -0.1) is 0 Å². The van der Waals surface area contributed by atoms with Crippen LogP contribution in [0.4, 0.5) is 0 Å². The molecule has 0 unspecified atom stereocenters. The van der Waals surface area contributed by atoms with E-state index in [4.69, 9.17) is 5.11 Å². The molecule has 0 radical (unpaired) electrons. The highest BCUT2D eigenvalue weighted by atomic mass is 16.4. The van der Waals surface area contributed by atoms with Gasteiger partial charge in [-0.3, -0.25) is 9.69 Å². The van der Waals surface area contributed by atoms with Crippen LogP contribution >= 0.6 is 0 Å². The van der Waals surface area contributed by atoms with Crippen molar-refractivity contribution in [3.8, 4) is 0 Å². The smallest absolute Gasteiger partial charge is 0.307 e. The minimum absolute atomic E-state index is 0.130. The highest BCUT2D eigenvalue weighted by molar-refractivity contribution is 5.70. The fourth-order valence-electron chi connectivity index (χ4n) is 2.30. The molecule has 0 aromatic heterocycles. The number of carbonyl (C=O) groups is 1. The predicted octanol–water partition coefficient (Wildman–Crippen LogP) is -0.245. The maximum atomic E-state index is 10.8. The number of nitrogens with one attached hydrogen (secondary N) is 1. The third kappa shape index (κ3) is 1.84. The van der Waals surface area contributed by atoms with Crippen molar-refractivity contribution in [2.24, 2.45) is 5.92 Å². The molecule has 2 N–H and O–H groups in total. The summed E-state index contributed by atoms with van der Waals surface area (Å²) < 4.78 is 0. The third-order valence-electron chi connectivity index (χ3n) is 3.12. The summed E-state index contributed by atoms with van der Waals surface area (Å²) in [4.78, 5) is 13.1. The average molecular weight is 184 g/mol. The van der Waals surface area contributed by atoms with E-state index in [-0.39, 0.29) is 5.92 Å². The van der Waals surface area contributed by atoms with Gasteiger partial charge in [-0.1, -0.05) is 0 Å². The Bertz CT molecular complexity index is 208. The Morgan fingerprint density at radius 1 is 1.46 bits per heavy atom. The molecule has 2 rings (SSSR count). The molecule has 2 atom stereocenters. The van der Waals surface area contributed by atoms with Crippen molar-refractivity contribution in [1.29, 1.82) is 0 Å². The van der Waals surface area contributed by atoms with Crippen LogP contribution in [0.1, 0.15) is 12.8 Å². The van der Waals surface area contributed by atoms with Crippen LogP contribution in [-0.4, -0.2) is 48.2 Å². The van der Waals surface area contributed by atoms with E-state index in [1.807, 2.05) is 0 Å². The SMILES string of the molecule is O=C(O)[C@@H]1CC[C@@H]2CNCCN2C1. The molecule has 0 aliphatic carbocycles. The van der Waals surface area contributed by atoms with E-state index in [0.717, 1.165) is 39.0 Å². The second-order valence-corrected chi connectivity index (χ2v) is 3.97. The molecule has 4 nitrogen and oxygen atoms in total. The Morgan fingerprint density at radius 2 is 2.31 bits per heavy atom. The molecule has 2 aliphatic rings. The highest BCUT2D eigenvalue weighted by Gasteiger charge is 2.32. The first-order chi connectivity index (χ1) is 6.27. The predicted molar refractivity (Wildman–Crippen MR) is 48.6 cm³/mol. The summed E-state index contributed by atoms with van der Waals surface area (Å²) in [5, 5.41) is 12.2. The van der Waals surface area contributed by atoms with E-state index in [1.54, 1.807) is 0 Å². The van der Waals surface area contributed by atoms with Gasteiger partial charge in [-0.25, -0.2) is 0 Å². The Balaban J connectivity index is 1.95. The monoisotopic (exact) mass is 184 g/mol. The zero-order valence-corrected chi connectivity index (χ0v) is 7.70. The minimum atomic E-state index is -0.628. The standard InChI is InChI=1S/C9H16N2O2/c12-9(13)7-1-2-8-5-10-3-4-11(8)6-7/h7-8,10H,1-6H2,(H,12,13)/t7-,8-/m1/s1. The number of fused-ring (bicyclic) bond motifs is 1. The summed E-state index contributed by atoms with van der Waals surface area (Å²) in [5.74, 6) is -0.758. The topological polar surface area (TPSA) is 52.6 Å². The van der Waals surface area contributed by atoms with Crippen LogP contribution in [0.3, 0.4) is 0 Å². The number of piperazine rings is 1. The number of rotatable bonds is 1. The number of carboxylic acids is 1. The molecule has 2 fully saturated rings. The van der Waals surface area contributed by atoms with Crippen molar-refractivity contribution in [2.45, 2.75) is 18.9 Å². The van der Waals surface area contributed by atoms with E-state index >= 15 is 0 Å². The van der Waals surface area contributed by atoms with Crippen molar-refractivity contribution in [3.05, 3.63) is 0 Å². The van der Waals surface area contributed by atoms with Crippen molar-refractivity contribution >= 4 is 5.97 Å². The van der Waals surface area contributed by atoms with Gasteiger partial charge in [0.1, 0.15) is 0 Å². The van der Waals surface area contributed by atoms with E-state index < -0.39 is 5.97 Å². The molecule has 74 valence electrons. The van der Waals surface area contributed by atoms with Gasteiger partial charge in [-0.05, 0) is 12.8 Å². The normalized spacial score (nSPS) is 35.4. The molecule has 0 aromatic carbocycles. The molecule has 0 aromatic rings. The molecule has 2 heterocycles. The van der Waals surface area contributed by atoms with E-state index in [2.05, 4.69) is 10.2 Å². The first kappa shape index (κ1) is 8.97. The second kappa shape index (κ2) is 3.64. The lowest BCUT2D eigenvalue weighted by molar-refractivity contribution is -0.144. The summed E-state index contributed by atoms with van der Waals surface area (Å²) in [5.41, 5.74) is 0. The zero-order valence-electron chi connectivity index (χ0n) is 7.70. The zero-order chi connectivity index (χ0) is 9.26. The maximum absolute atomic E-state index is 10.8. The molecule has 0 saturated carbocycles. The number of aliphatic carboxylic acids is 1. The first-order valence-corrected chi connectivity index (χ1v) is 4.95. The summed E-state index contributed by atoms with van der Waals surface area (Å²) in [6, 6.07) is 0.587. The summed E-state index contributed by atoms with van der Waals surface area (Å²) in [6.45, 7) is 3.80. The van der Waals surface area contributed by atoms with Crippen LogP contribution in [0.15, 0.2) is 0 Å². The Morgan fingerprint density at radius 3 is 3.08 bits per heavy atom. The van der Waals surface area contributed by atoms with Gasteiger partial charge < -0.3 is 10.4 Å². The van der Waals surface area contributed by atoms with Crippen molar-refractivity contribution < 1.29 is 9.90 Å². The fourth-order valence-corrected chi connectivity index (χ4v) is 2.30. The molecule has 0 amide bonds. The van der Waals surface area contributed by atoms with Crippen LogP contribution in [0.25, 0.3) is 0 Å². The lowest BCUT2D eigenvalue weighted by Gasteiger charge is -2.41. The number of carboxylic acid groups (broad SMARTS) is 1. The lowest BCUT2D eigenvalue weighted by atomic mass is 9.92. The van der Waals surface area contributed by atoms with Crippen LogP contribution in [0.2, 0.25) is 0 Å². The van der Waals surface area contributed by atoms with Crippen molar-refractivity contribution in [3.63, 3.8) is 0 Å². The Kier molecular flexibility index (Phi) is 2.51. The van der Waals surface area contributed by atoms with Crippen molar-refractivity contribution in [2.75, 3.05) is 26.2 Å². The Hall–Kier alpha value is -0.610. The molecule has 0 spiro atoms. The van der Waals surface area contributed by atoms with Gasteiger partial charge in [0.25, 0.3) is 0 Å². The molecule has 0 bridgehead atoms. The number of hydrogen-bond acceptors (Lipinski definition) is 3. The van der Waals surface area contributed by atoms with Gasteiger partial charge in [0, 0.05) is 32.2 Å². The van der Waals surface area contributed by atoms with Gasteiger partial charge in [0.15, 0.2) is 0 Å². The summed E-state index contributed by atoms with van der Waals surface area (Å²) in [7, 11) is 0. The second-order valence-electron chi connectivity index (χ2n) is 3.97. The molecule has 4 heteroatoms. The molecule has 2 saturated heterocycles. The van der Waals surface area contributed by atoms with Crippen LogP contribution in [0, 0.1) is 5.92 Å². The molecule has 2 aliphatic heterocycles. The van der Waals surface area contributed by atoms with Crippen molar-refractivity contribution in [1.82, 2.24) is 10.2 Å². The summed E-state index contributed by atoms with van der Waals surface area (Å²) >= 11 is 0. The molecule has 13 heavy (non-hydrogen) atoms. The Labute approximate surface area is 77.9 Å². The number of hydrogen-bond donors (Lipinski definition) is 2. The fraction of sp³-hybridized carbons (Fsp3) is 0.889. The third-order valence-corrected chi connectivity index (χ3v) is 3.12. The van der Waals surface area contributed by atoms with E-state index in [1.165, 1.54) is 0 Å². The maximum Gasteiger partial charge on any atom is 0.307 e. The molecular weight excluding hydrogens is 168 g/mol. The van der Waals surface area contributed by atoms with E-state index in [0.29, 0.717) is 6.04 Å². The number of nitrogens with zero attached hydrogens (tertiary/aromatic N) is 1. The van der Waals surface area contributed by atoms with Gasteiger partial charge in [-0.2, -0.15) is 0 Å². The van der Waals surface area contributed by atoms with Crippen LogP contribution in [0.5, 0.6) is 0 Å². The van der Waals surface area contributed by atoms with Crippen LogP contribution in [-0.2, 0) is 4.79 Å². The quantitative estimate of drug-likeness (QED) is 0.590. The van der Waals surface area contributed by atoms with Crippen LogP contribution < -0.4 is 5.32 Å². The largest absolute Gasteiger partial charge is 0.481 e. The minimum Gasteiger partial charge on any atom is -0.481 e. The summed E-state index contributed by atoms with van der Waals surface area (Å²) in [6.07, 6.45) is 1.88. The average Bonchev–Trinajstić information content (AvgIpc) is 2.17. The van der Waals surface area contributed by atoms with Gasteiger partial charge >= 0.3 is 5.97 Å².